The van der Waals surface area contributed by atoms with Crippen molar-refractivity contribution in [3.63, 3.8) is 0 Å². The van der Waals surface area contributed by atoms with Crippen molar-refractivity contribution in [3.05, 3.63) is 146 Å². The van der Waals surface area contributed by atoms with E-state index in [4.69, 9.17) is 0 Å². The number of hydrogen-bond acceptors (Lipinski definition) is 0. The maximum absolute atomic E-state index is 2.57. The van der Waals surface area contributed by atoms with E-state index in [1.54, 1.807) is 0 Å². The van der Waals surface area contributed by atoms with Crippen molar-refractivity contribution < 1.29 is 9.13 Å². The lowest BCUT2D eigenvalue weighted by Gasteiger charge is -2.22. The molecule has 0 aliphatic rings. The fourth-order valence-corrected chi connectivity index (χ4v) is 7.96. The highest BCUT2D eigenvalue weighted by molar-refractivity contribution is 5.99. The van der Waals surface area contributed by atoms with Gasteiger partial charge in [0.2, 0.25) is 0 Å². The normalized spacial score (nSPS) is 11.7. The number of aryl methyl sites for hydroxylation is 5. The van der Waals surface area contributed by atoms with Crippen LogP contribution in [0.2, 0.25) is 0 Å². The van der Waals surface area contributed by atoms with Gasteiger partial charge in [0.1, 0.15) is 6.54 Å². The van der Waals surface area contributed by atoms with Gasteiger partial charge in [0.25, 0.3) is 0 Å². The molecular weight excluding hydrogens is 637 g/mol. The van der Waals surface area contributed by atoms with Gasteiger partial charge in [-0.25, -0.2) is 9.13 Å². The van der Waals surface area contributed by atoms with Crippen molar-refractivity contribution in [3.8, 4) is 11.1 Å². The predicted octanol–water partition coefficient (Wildman–Crippen LogP) is 9.57. The topological polar surface area (TPSA) is 27.5 Å². The molecule has 0 spiro atoms. The zero-order chi connectivity index (χ0) is 35.4. The number of nitrogens with zero attached hydrogens (tertiary/aromatic N) is 6. The number of fused-ring (bicyclic) bond motifs is 4. The summed E-state index contributed by atoms with van der Waals surface area (Å²) in [6.07, 6.45) is 16.3. The molecule has 0 aliphatic carbocycles. The second-order valence-corrected chi connectivity index (χ2v) is 14.3. The molecule has 0 radical (unpaired) electrons. The SMILES string of the molecule is Cn1c2ccccc2n(C)c2cc3c(cc21)n(C)c1ccccc1n3CCCCCCCC[n+]1ccc(-c2cc[n+](Cc3ccccc3)cc2)cc1. The van der Waals surface area contributed by atoms with Crippen LogP contribution in [-0.4, -0.2) is 18.3 Å². The average Bonchev–Trinajstić information content (AvgIpc) is 3.19. The Kier molecular flexibility index (Phi) is 9.62. The standard InChI is InChI=1S/C46H50N6/c1-47-39-19-11-12-20-40(39)48(2)44-34-46-45(33-43(44)47)49(3)41-21-13-14-22-42(41)52(46)28-16-7-5-4-6-15-27-50-29-23-37(24-30-50)38-25-31-51(32-26-38)35-36-17-9-8-10-18-36/h8-14,17-26,29-34H,4-7,15-16,27-28,35H2,1-3H3/q+2. The van der Waals surface area contributed by atoms with Gasteiger partial charge in [0, 0.05) is 63.9 Å². The Balaban J connectivity index is 0.873. The van der Waals surface area contributed by atoms with Crippen LogP contribution < -0.4 is 9.13 Å². The molecule has 0 saturated heterocycles. The van der Waals surface area contributed by atoms with Gasteiger partial charge in [0.15, 0.2) is 31.3 Å². The van der Waals surface area contributed by atoms with E-state index in [1.165, 1.54) is 99.3 Å². The van der Waals surface area contributed by atoms with E-state index in [2.05, 4.69) is 189 Å². The molecule has 0 amide bonds. The van der Waals surface area contributed by atoms with E-state index in [0.29, 0.717) is 0 Å². The molecular formula is C46H50N6+2. The Bertz CT molecular complexity index is 2510. The minimum absolute atomic E-state index is 0.892. The lowest BCUT2D eigenvalue weighted by molar-refractivity contribution is -0.697. The first-order valence-electron chi connectivity index (χ1n) is 18.9. The molecule has 6 nitrogen and oxygen atoms in total. The third-order valence-electron chi connectivity index (χ3n) is 11.0. The highest BCUT2D eigenvalue weighted by Crippen LogP contribution is 2.30. The summed E-state index contributed by atoms with van der Waals surface area (Å²) in [4.78, 5) is 0. The van der Waals surface area contributed by atoms with Crippen molar-refractivity contribution in [2.24, 2.45) is 21.1 Å². The summed E-state index contributed by atoms with van der Waals surface area (Å²) in [5.74, 6) is 0. The van der Waals surface area contributed by atoms with Gasteiger partial charge in [0.05, 0.1) is 44.1 Å². The van der Waals surface area contributed by atoms with Crippen LogP contribution >= 0.6 is 0 Å². The Hall–Kier alpha value is -5.62. The van der Waals surface area contributed by atoms with Gasteiger partial charge < -0.3 is 18.3 Å². The summed E-state index contributed by atoms with van der Waals surface area (Å²) in [7, 11) is 6.59. The summed E-state index contributed by atoms with van der Waals surface area (Å²) < 4.78 is 14.2. The molecule has 0 aliphatic heterocycles. The lowest BCUT2D eigenvalue weighted by atomic mass is 10.1. The summed E-state index contributed by atoms with van der Waals surface area (Å²) in [6, 6.07) is 41.9. The number of rotatable bonds is 12. The number of hydrogen-bond donors (Lipinski definition) is 0. The monoisotopic (exact) mass is 686 g/mol. The van der Waals surface area contributed by atoms with Crippen LogP contribution in [0, 0.1) is 0 Å². The van der Waals surface area contributed by atoms with Crippen molar-refractivity contribution in [1.82, 2.24) is 18.3 Å². The largest absolute Gasteiger partial charge is 0.341 e. The average molecular weight is 687 g/mol. The molecule has 0 bridgehead atoms. The van der Waals surface area contributed by atoms with E-state index < -0.39 is 0 Å². The number of aromatic nitrogens is 6. The van der Waals surface area contributed by atoms with Gasteiger partial charge in [-0.3, -0.25) is 0 Å². The minimum atomic E-state index is 0.892. The minimum Gasteiger partial charge on any atom is -0.341 e. The molecule has 8 aromatic rings. The zero-order valence-electron chi connectivity index (χ0n) is 30.8. The van der Waals surface area contributed by atoms with Crippen molar-refractivity contribution in [1.29, 1.82) is 0 Å². The van der Waals surface area contributed by atoms with E-state index >= 15 is 0 Å². The van der Waals surface area contributed by atoms with Crippen molar-refractivity contribution in [2.45, 2.75) is 58.2 Å². The van der Waals surface area contributed by atoms with Gasteiger partial charge in [-0.15, -0.1) is 0 Å². The fourth-order valence-electron chi connectivity index (χ4n) is 7.96. The van der Waals surface area contributed by atoms with Crippen LogP contribution in [0.15, 0.2) is 140 Å². The van der Waals surface area contributed by atoms with Crippen LogP contribution in [0.4, 0.5) is 0 Å². The van der Waals surface area contributed by atoms with E-state index in [9.17, 15) is 0 Å². The Morgan fingerprint density at radius 2 is 0.846 bits per heavy atom. The quantitative estimate of drug-likeness (QED) is 0.0696. The van der Waals surface area contributed by atoms with Crippen LogP contribution in [0.25, 0.3) is 55.3 Å². The Labute approximate surface area is 306 Å². The van der Waals surface area contributed by atoms with E-state index in [-0.39, 0.29) is 0 Å². The second-order valence-electron chi connectivity index (χ2n) is 14.3. The summed E-state index contributed by atoms with van der Waals surface area (Å²) in [5.41, 5.74) is 13.9. The maximum Gasteiger partial charge on any atom is 0.173 e. The molecule has 0 saturated carbocycles. The maximum atomic E-state index is 2.57. The molecule has 0 N–H and O–H groups in total. The van der Waals surface area contributed by atoms with Gasteiger partial charge in [-0.05, 0) is 60.4 Å². The number of pyridine rings is 2. The predicted molar refractivity (Wildman–Crippen MR) is 215 cm³/mol. The molecule has 4 aromatic carbocycles. The van der Waals surface area contributed by atoms with E-state index in [0.717, 1.165) is 19.6 Å². The van der Waals surface area contributed by atoms with Gasteiger partial charge >= 0.3 is 0 Å². The molecule has 4 heterocycles. The number of benzene rings is 4. The summed E-state index contributed by atoms with van der Waals surface area (Å²) in [6.45, 7) is 2.98. The van der Waals surface area contributed by atoms with Gasteiger partial charge in [-0.1, -0.05) is 73.9 Å². The van der Waals surface area contributed by atoms with Crippen LogP contribution in [0.5, 0.6) is 0 Å². The molecule has 4 aromatic heterocycles. The first kappa shape index (κ1) is 33.5. The van der Waals surface area contributed by atoms with Crippen LogP contribution in [-0.2, 0) is 40.8 Å². The molecule has 0 fully saturated rings. The third kappa shape index (κ3) is 6.73. The number of unbranched alkanes of at least 4 members (excludes halogenated alkanes) is 5. The highest BCUT2D eigenvalue weighted by Gasteiger charge is 2.14. The van der Waals surface area contributed by atoms with Crippen molar-refractivity contribution >= 4 is 44.1 Å². The first-order valence-corrected chi connectivity index (χ1v) is 18.9. The third-order valence-corrected chi connectivity index (χ3v) is 11.0. The summed E-state index contributed by atoms with van der Waals surface area (Å²) >= 11 is 0. The molecule has 0 unspecified atom stereocenters. The Morgan fingerprint density at radius 3 is 1.44 bits per heavy atom. The van der Waals surface area contributed by atoms with Crippen LogP contribution in [0.1, 0.15) is 44.1 Å². The van der Waals surface area contributed by atoms with Gasteiger partial charge in [-0.2, -0.15) is 0 Å². The van der Waals surface area contributed by atoms with Crippen LogP contribution in [0.3, 0.4) is 0 Å². The molecule has 262 valence electrons. The smallest absolute Gasteiger partial charge is 0.173 e. The molecule has 6 heteroatoms. The molecule has 0 atom stereocenters. The lowest BCUT2D eigenvalue weighted by Crippen LogP contribution is -2.33. The first-order chi connectivity index (χ1) is 25.5. The molecule has 8 rings (SSSR count). The van der Waals surface area contributed by atoms with E-state index in [1.807, 2.05) is 0 Å². The zero-order valence-corrected chi connectivity index (χ0v) is 30.8. The summed E-state index contributed by atoms with van der Waals surface area (Å²) in [5, 5.41) is 0. The second kappa shape index (κ2) is 14.9. The highest BCUT2D eigenvalue weighted by atomic mass is 15.1. The number of para-hydroxylation sites is 4. The fraction of sp³-hybridized carbons (Fsp3) is 0.261. The van der Waals surface area contributed by atoms with Crippen molar-refractivity contribution in [2.75, 3.05) is 0 Å². The molecule has 52 heavy (non-hydrogen) atoms. The Morgan fingerprint density at radius 1 is 0.404 bits per heavy atom.